The first-order valence-electron chi connectivity index (χ1n) is 6.59. The van der Waals surface area contributed by atoms with Crippen molar-refractivity contribution in [3.05, 3.63) is 24.0 Å². The molecular formula is C14H20FNO2S. The van der Waals surface area contributed by atoms with Gasteiger partial charge in [-0.15, -0.1) is 0 Å². The van der Waals surface area contributed by atoms with E-state index in [-0.39, 0.29) is 10.6 Å². The lowest BCUT2D eigenvalue weighted by atomic mass is 9.83. The van der Waals surface area contributed by atoms with E-state index in [1.165, 1.54) is 6.07 Å². The third kappa shape index (κ3) is 2.91. The molecule has 3 nitrogen and oxygen atoms in total. The van der Waals surface area contributed by atoms with Crippen molar-refractivity contribution in [3.63, 3.8) is 0 Å². The van der Waals surface area contributed by atoms with Gasteiger partial charge in [0.25, 0.3) is 0 Å². The summed E-state index contributed by atoms with van der Waals surface area (Å²) < 4.78 is 38.2. The van der Waals surface area contributed by atoms with E-state index in [1.807, 2.05) is 0 Å². The van der Waals surface area contributed by atoms with Crippen LogP contribution in [0.4, 0.5) is 10.1 Å². The predicted molar refractivity (Wildman–Crippen MR) is 74.0 cm³/mol. The quantitative estimate of drug-likeness (QED) is 0.671. The lowest BCUT2D eigenvalue weighted by molar-refractivity contribution is 0.301. The molecule has 19 heavy (non-hydrogen) atoms. The van der Waals surface area contributed by atoms with E-state index >= 15 is 0 Å². The van der Waals surface area contributed by atoms with E-state index in [0.717, 1.165) is 18.6 Å². The Morgan fingerprint density at radius 1 is 1.16 bits per heavy atom. The molecule has 0 saturated heterocycles. The van der Waals surface area contributed by atoms with Crippen molar-refractivity contribution in [2.45, 2.75) is 43.3 Å². The maximum Gasteiger partial charge on any atom is 0.183 e. The molecule has 1 aliphatic carbocycles. The van der Waals surface area contributed by atoms with Gasteiger partial charge in [0.05, 0.1) is 15.8 Å². The molecule has 0 aliphatic heterocycles. The molecule has 0 aromatic heterocycles. The largest absolute Gasteiger partial charge is 0.398 e. The fourth-order valence-corrected chi connectivity index (χ4v) is 5.25. The second-order valence-corrected chi connectivity index (χ2v) is 7.96. The van der Waals surface area contributed by atoms with E-state index in [0.29, 0.717) is 24.7 Å². The molecule has 1 fully saturated rings. The minimum Gasteiger partial charge on any atom is -0.398 e. The van der Waals surface area contributed by atoms with Gasteiger partial charge in [-0.2, -0.15) is 0 Å². The van der Waals surface area contributed by atoms with Crippen molar-refractivity contribution in [2.24, 2.45) is 11.8 Å². The lowest BCUT2D eigenvalue weighted by Crippen LogP contribution is -2.31. The van der Waals surface area contributed by atoms with Crippen molar-refractivity contribution >= 4 is 15.5 Å². The number of hydrogen-bond donors (Lipinski definition) is 1. The zero-order chi connectivity index (χ0) is 14.2. The molecule has 2 unspecified atom stereocenters. The molecule has 0 spiro atoms. The molecule has 0 heterocycles. The molecular weight excluding hydrogens is 265 g/mol. The van der Waals surface area contributed by atoms with E-state index in [4.69, 9.17) is 5.73 Å². The van der Waals surface area contributed by atoms with Crippen LogP contribution in [0.15, 0.2) is 23.1 Å². The Balaban J connectivity index is 2.36. The van der Waals surface area contributed by atoms with Crippen molar-refractivity contribution in [1.29, 1.82) is 0 Å². The number of nitrogen functional groups attached to an aromatic ring is 1. The third-order valence-electron chi connectivity index (χ3n) is 3.85. The normalized spacial score (nSPS) is 28.3. The van der Waals surface area contributed by atoms with E-state index in [1.54, 1.807) is 0 Å². The van der Waals surface area contributed by atoms with Gasteiger partial charge in [-0.3, -0.25) is 0 Å². The minimum absolute atomic E-state index is 0.00544. The predicted octanol–water partition coefficient (Wildman–Crippen LogP) is 3.01. The summed E-state index contributed by atoms with van der Waals surface area (Å²) in [7, 11) is -3.47. The van der Waals surface area contributed by atoms with Crippen LogP contribution in [0.5, 0.6) is 0 Å². The maximum absolute atomic E-state index is 13.0. The summed E-state index contributed by atoms with van der Waals surface area (Å²) in [5.41, 5.74) is 5.67. The number of anilines is 1. The second-order valence-electron chi connectivity index (χ2n) is 5.77. The van der Waals surface area contributed by atoms with Crippen LogP contribution in [0.1, 0.15) is 33.1 Å². The Hall–Kier alpha value is -1.10. The summed E-state index contributed by atoms with van der Waals surface area (Å²) in [6.45, 7) is 4.15. The third-order valence-corrected chi connectivity index (χ3v) is 6.10. The molecule has 1 aromatic rings. The van der Waals surface area contributed by atoms with Crippen LogP contribution in [-0.2, 0) is 9.84 Å². The molecule has 1 aliphatic rings. The molecule has 5 heteroatoms. The van der Waals surface area contributed by atoms with E-state index < -0.39 is 20.9 Å². The van der Waals surface area contributed by atoms with Crippen molar-refractivity contribution in [3.8, 4) is 0 Å². The molecule has 1 saturated carbocycles. The monoisotopic (exact) mass is 285 g/mol. The van der Waals surface area contributed by atoms with Gasteiger partial charge >= 0.3 is 0 Å². The molecule has 106 valence electrons. The van der Waals surface area contributed by atoms with Gasteiger partial charge in [0.1, 0.15) is 5.82 Å². The van der Waals surface area contributed by atoms with Crippen LogP contribution in [-0.4, -0.2) is 13.7 Å². The Morgan fingerprint density at radius 3 is 2.26 bits per heavy atom. The van der Waals surface area contributed by atoms with Gasteiger partial charge in [-0.25, -0.2) is 12.8 Å². The topological polar surface area (TPSA) is 60.2 Å². The van der Waals surface area contributed by atoms with E-state index in [2.05, 4.69) is 13.8 Å². The van der Waals surface area contributed by atoms with Crippen LogP contribution in [0.3, 0.4) is 0 Å². The van der Waals surface area contributed by atoms with Crippen molar-refractivity contribution in [2.75, 3.05) is 5.73 Å². The SMILES string of the molecule is CC1CC(C)CC(S(=O)(=O)c2ccc(F)cc2N)C1. The zero-order valence-corrected chi connectivity index (χ0v) is 12.1. The molecule has 2 atom stereocenters. The average Bonchev–Trinajstić information content (AvgIpc) is 2.26. The highest BCUT2D eigenvalue weighted by Crippen LogP contribution is 2.36. The van der Waals surface area contributed by atoms with Crippen LogP contribution < -0.4 is 5.73 Å². The highest BCUT2D eigenvalue weighted by Gasteiger charge is 2.35. The first-order valence-corrected chi connectivity index (χ1v) is 8.14. The first kappa shape index (κ1) is 14.3. The Labute approximate surface area is 113 Å². The molecule has 1 aromatic carbocycles. The fourth-order valence-electron chi connectivity index (χ4n) is 3.08. The van der Waals surface area contributed by atoms with Crippen LogP contribution in [0.2, 0.25) is 0 Å². The van der Waals surface area contributed by atoms with Gasteiger partial charge in [-0.1, -0.05) is 13.8 Å². The maximum atomic E-state index is 13.0. The summed E-state index contributed by atoms with van der Waals surface area (Å²) in [4.78, 5) is 0.0696. The number of halogens is 1. The van der Waals surface area contributed by atoms with Gasteiger partial charge < -0.3 is 5.73 Å². The number of sulfone groups is 1. The average molecular weight is 285 g/mol. The summed E-state index contributed by atoms with van der Waals surface area (Å²) >= 11 is 0. The standard InChI is InChI=1S/C14H20FNO2S/c1-9-5-10(2)7-12(6-9)19(17,18)14-4-3-11(15)8-13(14)16/h3-4,8-10,12H,5-7,16H2,1-2H3. The number of nitrogens with two attached hydrogens (primary N) is 1. The molecule has 2 N–H and O–H groups in total. The lowest BCUT2D eigenvalue weighted by Gasteiger charge is -2.31. The fraction of sp³-hybridized carbons (Fsp3) is 0.571. The Bertz CT molecular complexity index is 561. The molecule has 0 bridgehead atoms. The Kier molecular flexibility index (Phi) is 3.85. The second kappa shape index (κ2) is 5.12. The van der Waals surface area contributed by atoms with Gasteiger partial charge in [-0.05, 0) is 49.3 Å². The number of benzene rings is 1. The van der Waals surface area contributed by atoms with Gasteiger partial charge in [0, 0.05) is 0 Å². The number of hydrogen-bond acceptors (Lipinski definition) is 3. The van der Waals surface area contributed by atoms with Crippen molar-refractivity contribution in [1.82, 2.24) is 0 Å². The summed E-state index contributed by atoms with van der Waals surface area (Å²) in [6, 6.07) is 3.51. The highest BCUT2D eigenvalue weighted by atomic mass is 32.2. The molecule has 0 radical (unpaired) electrons. The van der Waals surface area contributed by atoms with E-state index in [9.17, 15) is 12.8 Å². The smallest absolute Gasteiger partial charge is 0.183 e. The van der Waals surface area contributed by atoms with Gasteiger partial charge in [0.2, 0.25) is 0 Å². The first-order chi connectivity index (χ1) is 8.80. The minimum atomic E-state index is -3.47. The van der Waals surface area contributed by atoms with Crippen LogP contribution in [0.25, 0.3) is 0 Å². The van der Waals surface area contributed by atoms with Crippen LogP contribution in [0, 0.1) is 17.7 Å². The summed E-state index contributed by atoms with van der Waals surface area (Å²) in [6.07, 6.45) is 2.37. The van der Waals surface area contributed by atoms with Gasteiger partial charge in [0.15, 0.2) is 9.84 Å². The van der Waals surface area contributed by atoms with Crippen molar-refractivity contribution < 1.29 is 12.8 Å². The zero-order valence-electron chi connectivity index (χ0n) is 11.3. The highest BCUT2D eigenvalue weighted by molar-refractivity contribution is 7.92. The number of rotatable bonds is 2. The molecule has 2 rings (SSSR count). The summed E-state index contributed by atoms with van der Waals surface area (Å²) in [5, 5.41) is -0.404. The summed E-state index contributed by atoms with van der Waals surface area (Å²) in [5.74, 6) is 0.275. The molecule has 0 amide bonds. The van der Waals surface area contributed by atoms with Crippen LogP contribution >= 0.6 is 0 Å². The Morgan fingerprint density at radius 2 is 1.74 bits per heavy atom.